The number of fused-ring (bicyclic) bond motifs is 1. The van der Waals surface area contributed by atoms with Crippen molar-refractivity contribution in [3.8, 4) is 0 Å². The second kappa shape index (κ2) is 15.9. The summed E-state index contributed by atoms with van der Waals surface area (Å²) < 4.78 is 6.41. The van der Waals surface area contributed by atoms with Crippen LogP contribution in [-0.2, 0) is 33.8 Å². The number of guanidine groups is 1. The van der Waals surface area contributed by atoms with Crippen LogP contribution in [0.25, 0.3) is 10.8 Å². The highest BCUT2D eigenvalue weighted by Crippen LogP contribution is 2.27. The third-order valence-electron chi connectivity index (χ3n) is 8.35. The first kappa shape index (κ1) is 31.7. The van der Waals surface area contributed by atoms with Gasteiger partial charge < -0.3 is 26.4 Å². The van der Waals surface area contributed by atoms with E-state index in [1.807, 2.05) is 77.7 Å². The van der Waals surface area contributed by atoms with Gasteiger partial charge in [0.05, 0.1) is 12.7 Å². The monoisotopic (exact) mass is 605 g/mol. The topological polar surface area (TPSA) is 123 Å². The number of nitrogens with one attached hydrogen (secondary N) is 1. The number of aryl methyl sites for hydroxylation is 1. The molecule has 2 amide bonds. The summed E-state index contributed by atoms with van der Waals surface area (Å²) in [5, 5.41) is 5.44. The van der Waals surface area contributed by atoms with Gasteiger partial charge in [-0.15, -0.1) is 0 Å². The maximum Gasteiger partial charge on any atom is 0.245 e. The van der Waals surface area contributed by atoms with Crippen molar-refractivity contribution < 1.29 is 14.3 Å². The average Bonchev–Trinajstić information content (AvgIpc) is 3.48. The number of benzene rings is 4. The number of amides is 2. The molecule has 0 aliphatic carbocycles. The maximum absolute atomic E-state index is 14.3. The van der Waals surface area contributed by atoms with Gasteiger partial charge in [0.15, 0.2) is 5.96 Å². The van der Waals surface area contributed by atoms with E-state index < -0.39 is 6.04 Å². The number of aliphatic imine (C=N–C) groups is 1. The molecule has 0 aromatic heterocycles. The van der Waals surface area contributed by atoms with Crippen molar-refractivity contribution in [3.63, 3.8) is 0 Å². The minimum atomic E-state index is -0.685. The van der Waals surface area contributed by atoms with E-state index in [4.69, 9.17) is 16.2 Å². The zero-order valence-electron chi connectivity index (χ0n) is 25.7. The van der Waals surface area contributed by atoms with Gasteiger partial charge in [0.2, 0.25) is 11.8 Å². The van der Waals surface area contributed by atoms with Crippen LogP contribution in [0.3, 0.4) is 0 Å². The van der Waals surface area contributed by atoms with Gasteiger partial charge in [-0.05, 0) is 59.2 Å². The summed E-state index contributed by atoms with van der Waals surface area (Å²) in [6.45, 7) is 1.42. The molecule has 234 valence electrons. The smallest absolute Gasteiger partial charge is 0.245 e. The Bertz CT molecular complexity index is 1570. The van der Waals surface area contributed by atoms with Crippen molar-refractivity contribution in [2.24, 2.45) is 16.5 Å². The number of carbonyl (C=O) groups is 2. The zero-order valence-corrected chi connectivity index (χ0v) is 25.7. The predicted molar refractivity (Wildman–Crippen MR) is 179 cm³/mol. The van der Waals surface area contributed by atoms with E-state index >= 15 is 0 Å². The van der Waals surface area contributed by atoms with Crippen molar-refractivity contribution in [1.82, 2.24) is 10.2 Å². The van der Waals surface area contributed by atoms with Gasteiger partial charge in [-0.25, -0.2) is 0 Å². The molecule has 1 fully saturated rings. The number of hydrogen-bond donors (Lipinski definition) is 3. The van der Waals surface area contributed by atoms with Crippen LogP contribution in [0, 0.1) is 0 Å². The highest BCUT2D eigenvalue weighted by atomic mass is 16.5. The summed E-state index contributed by atoms with van der Waals surface area (Å²) in [6.07, 6.45) is 3.38. The predicted octanol–water partition coefficient (Wildman–Crippen LogP) is 4.74. The average molecular weight is 606 g/mol. The Labute approximate surface area is 265 Å². The normalized spacial score (nSPS) is 16.8. The minimum absolute atomic E-state index is 0.0483. The summed E-state index contributed by atoms with van der Waals surface area (Å²) in [5.41, 5.74) is 14.2. The van der Waals surface area contributed by atoms with Crippen LogP contribution in [0.15, 0.2) is 108 Å². The van der Waals surface area contributed by atoms with Gasteiger partial charge in [-0.2, -0.15) is 0 Å². The molecule has 45 heavy (non-hydrogen) atoms. The third-order valence-corrected chi connectivity index (χ3v) is 8.35. The molecule has 1 saturated heterocycles. The molecule has 8 heteroatoms. The van der Waals surface area contributed by atoms with Crippen LogP contribution >= 0.6 is 0 Å². The molecule has 8 nitrogen and oxygen atoms in total. The Morgan fingerprint density at radius 3 is 2.29 bits per heavy atom. The first-order valence-corrected chi connectivity index (χ1v) is 15.8. The van der Waals surface area contributed by atoms with E-state index in [1.165, 1.54) is 10.8 Å². The van der Waals surface area contributed by atoms with E-state index in [-0.39, 0.29) is 29.9 Å². The number of rotatable bonds is 14. The lowest BCUT2D eigenvalue weighted by molar-refractivity contribution is -0.137. The molecule has 1 aliphatic rings. The molecule has 0 saturated carbocycles. The number of ether oxygens (including phenoxy) is 1. The fourth-order valence-electron chi connectivity index (χ4n) is 6.03. The van der Waals surface area contributed by atoms with E-state index in [0.717, 1.165) is 29.5 Å². The van der Waals surface area contributed by atoms with Crippen molar-refractivity contribution >= 4 is 28.5 Å². The molecule has 4 aromatic rings. The summed E-state index contributed by atoms with van der Waals surface area (Å²) >= 11 is 0. The molecule has 0 spiro atoms. The molecule has 0 unspecified atom stereocenters. The lowest BCUT2D eigenvalue weighted by Gasteiger charge is -2.29. The highest BCUT2D eigenvalue weighted by Gasteiger charge is 2.38. The Kier molecular flexibility index (Phi) is 11.2. The van der Waals surface area contributed by atoms with Crippen LogP contribution in [0.2, 0.25) is 0 Å². The van der Waals surface area contributed by atoms with Gasteiger partial charge in [0.25, 0.3) is 0 Å². The van der Waals surface area contributed by atoms with Crippen LogP contribution < -0.4 is 16.8 Å². The fourth-order valence-corrected chi connectivity index (χ4v) is 6.03. The molecule has 1 heterocycles. The standard InChI is InChI=1S/C37H43N5O3/c38-37(39)40-21-9-16-32-24-33(45-26-29-17-19-30-14-7-8-15-31(30)22-29)25-42(32)36(44)34(23-28-12-5-2-6-13-28)41-35(43)20-18-27-10-3-1-4-11-27/h1-8,10-15,17,19,22,32-34H,9,16,18,20-21,23-26H2,(H,41,43)(H4,38,39,40)/t32-,33+,34+/m0/s1. The second-order valence-electron chi connectivity index (χ2n) is 11.7. The molecule has 4 aromatic carbocycles. The molecule has 5 N–H and O–H groups in total. The first-order valence-electron chi connectivity index (χ1n) is 15.8. The Hall–Kier alpha value is -4.69. The van der Waals surface area contributed by atoms with Gasteiger partial charge in [-0.1, -0.05) is 97.1 Å². The molecule has 5 rings (SSSR count). The largest absolute Gasteiger partial charge is 0.372 e. The molecular formula is C37H43N5O3. The van der Waals surface area contributed by atoms with Crippen molar-refractivity contribution in [2.75, 3.05) is 13.1 Å². The highest BCUT2D eigenvalue weighted by molar-refractivity contribution is 5.88. The number of carbonyl (C=O) groups excluding carboxylic acids is 2. The lowest BCUT2D eigenvalue weighted by Crippen LogP contribution is -2.51. The van der Waals surface area contributed by atoms with E-state index in [1.54, 1.807) is 0 Å². The number of likely N-dealkylation sites (tertiary alicyclic amines) is 1. The fraction of sp³-hybridized carbons (Fsp3) is 0.324. The maximum atomic E-state index is 14.3. The Balaban J connectivity index is 1.29. The van der Waals surface area contributed by atoms with E-state index in [9.17, 15) is 9.59 Å². The van der Waals surface area contributed by atoms with E-state index in [2.05, 4.69) is 40.6 Å². The van der Waals surface area contributed by atoms with E-state index in [0.29, 0.717) is 45.4 Å². The Morgan fingerprint density at radius 2 is 1.56 bits per heavy atom. The van der Waals surface area contributed by atoms with Gasteiger partial charge in [-0.3, -0.25) is 14.6 Å². The molecule has 0 radical (unpaired) electrons. The van der Waals surface area contributed by atoms with Crippen LogP contribution in [0.5, 0.6) is 0 Å². The number of nitrogens with two attached hydrogens (primary N) is 2. The molecule has 3 atom stereocenters. The van der Waals surface area contributed by atoms with Crippen molar-refractivity contribution in [1.29, 1.82) is 0 Å². The first-order chi connectivity index (χ1) is 21.9. The zero-order chi connectivity index (χ0) is 31.4. The quantitative estimate of drug-likeness (QED) is 0.109. The number of nitrogens with zero attached hydrogens (tertiary/aromatic N) is 2. The third kappa shape index (κ3) is 9.40. The number of hydrogen-bond acceptors (Lipinski definition) is 4. The van der Waals surface area contributed by atoms with Gasteiger partial charge in [0.1, 0.15) is 6.04 Å². The second-order valence-corrected chi connectivity index (χ2v) is 11.7. The van der Waals surface area contributed by atoms with Crippen molar-refractivity contribution in [3.05, 3.63) is 120 Å². The summed E-state index contributed by atoms with van der Waals surface area (Å²) in [6, 6.07) is 33.6. The van der Waals surface area contributed by atoms with Crippen LogP contribution in [-0.4, -0.2) is 54.0 Å². The minimum Gasteiger partial charge on any atom is -0.372 e. The van der Waals surface area contributed by atoms with Crippen LogP contribution in [0.1, 0.15) is 42.4 Å². The van der Waals surface area contributed by atoms with Crippen LogP contribution in [0.4, 0.5) is 0 Å². The van der Waals surface area contributed by atoms with Gasteiger partial charge >= 0.3 is 0 Å². The van der Waals surface area contributed by atoms with Gasteiger partial charge in [0, 0.05) is 32.0 Å². The van der Waals surface area contributed by atoms with Crippen molar-refractivity contribution in [2.45, 2.75) is 63.3 Å². The SMILES string of the molecule is NC(N)=NCCC[C@H]1C[C@@H](OCc2ccc3ccccc3c2)CN1C(=O)[C@@H](Cc1ccccc1)NC(=O)CCc1ccccc1. The summed E-state index contributed by atoms with van der Waals surface area (Å²) in [7, 11) is 0. The molecule has 0 bridgehead atoms. The summed E-state index contributed by atoms with van der Waals surface area (Å²) in [5.74, 6) is -0.164. The molecular weight excluding hydrogens is 562 g/mol. The summed E-state index contributed by atoms with van der Waals surface area (Å²) in [4.78, 5) is 33.5. The lowest BCUT2D eigenvalue weighted by atomic mass is 10.0. The Morgan fingerprint density at radius 1 is 0.867 bits per heavy atom. The molecule has 1 aliphatic heterocycles.